The van der Waals surface area contributed by atoms with Gasteiger partial charge < -0.3 is 10.6 Å². The van der Waals surface area contributed by atoms with Crippen LogP contribution in [0.3, 0.4) is 0 Å². The van der Waals surface area contributed by atoms with Crippen molar-refractivity contribution in [2.45, 2.75) is 77.3 Å². The van der Waals surface area contributed by atoms with Gasteiger partial charge >= 0.3 is 0 Å². The topological polar surface area (TPSA) is 46.3 Å². The SMILES string of the molecule is CCCC1CCCCN1C(=O)C(N)(CC)CC. The summed E-state index contributed by atoms with van der Waals surface area (Å²) in [6, 6.07) is 0.433. The van der Waals surface area contributed by atoms with Gasteiger partial charge in [-0.25, -0.2) is 0 Å². The van der Waals surface area contributed by atoms with Crippen LogP contribution in [-0.4, -0.2) is 28.9 Å². The predicted octanol–water partition coefficient (Wildman–Crippen LogP) is 2.69. The molecule has 1 atom stereocenters. The van der Waals surface area contributed by atoms with Crippen molar-refractivity contribution in [1.29, 1.82) is 0 Å². The first-order valence-electron chi connectivity index (χ1n) is 7.19. The van der Waals surface area contributed by atoms with E-state index in [0.29, 0.717) is 6.04 Å². The highest BCUT2D eigenvalue weighted by atomic mass is 16.2. The number of amides is 1. The molecule has 0 aromatic carbocycles. The summed E-state index contributed by atoms with van der Waals surface area (Å²) >= 11 is 0. The average Bonchev–Trinajstić information content (AvgIpc) is 2.38. The molecule has 0 saturated carbocycles. The minimum Gasteiger partial charge on any atom is -0.338 e. The number of rotatable bonds is 5. The van der Waals surface area contributed by atoms with E-state index in [-0.39, 0.29) is 5.91 Å². The largest absolute Gasteiger partial charge is 0.338 e. The molecule has 1 aliphatic rings. The molecule has 0 radical (unpaired) electrons. The second-order valence-corrected chi connectivity index (χ2v) is 5.30. The molecule has 100 valence electrons. The van der Waals surface area contributed by atoms with Gasteiger partial charge in [-0.3, -0.25) is 4.79 Å². The van der Waals surface area contributed by atoms with E-state index in [9.17, 15) is 4.79 Å². The van der Waals surface area contributed by atoms with E-state index in [4.69, 9.17) is 5.73 Å². The van der Waals surface area contributed by atoms with E-state index >= 15 is 0 Å². The van der Waals surface area contributed by atoms with Crippen LogP contribution in [0.4, 0.5) is 0 Å². The summed E-state index contributed by atoms with van der Waals surface area (Å²) in [7, 11) is 0. The Labute approximate surface area is 106 Å². The Kier molecular flexibility index (Phi) is 5.44. The van der Waals surface area contributed by atoms with Gasteiger partial charge in [-0.2, -0.15) is 0 Å². The molecule has 2 N–H and O–H groups in total. The minimum atomic E-state index is -0.636. The molecule has 1 amide bonds. The molecular formula is C14H28N2O. The number of piperidine rings is 1. The van der Waals surface area contributed by atoms with Gasteiger partial charge in [0, 0.05) is 12.6 Å². The molecule has 0 aromatic heterocycles. The fourth-order valence-corrected chi connectivity index (χ4v) is 2.74. The molecule has 1 aliphatic heterocycles. The van der Waals surface area contributed by atoms with Crippen molar-refractivity contribution >= 4 is 5.91 Å². The van der Waals surface area contributed by atoms with Gasteiger partial charge in [0.25, 0.3) is 0 Å². The van der Waals surface area contributed by atoms with Gasteiger partial charge in [-0.15, -0.1) is 0 Å². The van der Waals surface area contributed by atoms with Crippen LogP contribution in [0.5, 0.6) is 0 Å². The fourth-order valence-electron chi connectivity index (χ4n) is 2.74. The monoisotopic (exact) mass is 240 g/mol. The summed E-state index contributed by atoms with van der Waals surface area (Å²) in [6.07, 6.45) is 7.28. The summed E-state index contributed by atoms with van der Waals surface area (Å²) in [5.41, 5.74) is 5.60. The van der Waals surface area contributed by atoms with Crippen molar-refractivity contribution in [3.8, 4) is 0 Å². The predicted molar refractivity (Wildman–Crippen MR) is 71.8 cm³/mol. The summed E-state index contributed by atoms with van der Waals surface area (Å²) in [6.45, 7) is 7.12. The maximum atomic E-state index is 12.6. The molecule has 1 heterocycles. The lowest BCUT2D eigenvalue weighted by atomic mass is 9.89. The van der Waals surface area contributed by atoms with E-state index in [0.717, 1.165) is 45.1 Å². The normalized spacial score (nSPS) is 21.6. The Morgan fingerprint density at radius 3 is 2.47 bits per heavy atom. The number of hydrogen-bond donors (Lipinski definition) is 1. The van der Waals surface area contributed by atoms with Crippen LogP contribution in [0.25, 0.3) is 0 Å². The van der Waals surface area contributed by atoms with Crippen LogP contribution in [0.2, 0.25) is 0 Å². The quantitative estimate of drug-likeness (QED) is 0.803. The number of nitrogens with two attached hydrogens (primary N) is 1. The van der Waals surface area contributed by atoms with Gasteiger partial charge in [0.2, 0.25) is 5.91 Å². The second kappa shape index (κ2) is 6.39. The third-order valence-electron chi connectivity index (χ3n) is 4.20. The summed E-state index contributed by atoms with van der Waals surface area (Å²) in [5, 5.41) is 0. The summed E-state index contributed by atoms with van der Waals surface area (Å²) in [4.78, 5) is 14.6. The Hall–Kier alpha value is -0.570. The smallest absolute Gasteiger partial charge is 0.242 e. The van der Waals surface area contributed by atoms with Crippen molar-refractivity contribution in [3.05, 3.63) is 0 Å². The zero-order valence-corrected chi connectivity index (χ0v) is 11.7. The molecule has 0 spiro atoms. The van der Waals surface area contributed by atoms with E-state index in [1.54, 1.807) is 0 Å². The Morgan fingerprint density at radius 1 is 1.29 bits per heavy atom. The van der Waals surface area contributed by atoms with E-state index < -0.39 is 5.54 Å². The summed E-state index contributed by atoms with van der Waals surface area (Å²) in [5.74, 6) is 0.181. The first-order valence-corrected chi connectivity index (χ1v) is 7.19. The fraction of sp³-hybridized carbons (Fsp3) is 0.929. The van der Waals surface area contributed by atoms with Crippen LogP contribution in [0.1, 0.15) is 65.7 Å². The minimum absolute atomic E-state index is 0.181. The Bertz CT molecular complexity index is 247. The van der Waals surface area contributed by atoms with Crippen LogP contribution in [-0.2, 0) is 4.79 Å². The molecule has 1 unspecified atom stereocenters. The standard InChI is InChI=1S/C14H28N2O/c1-4-9-12-10-7-8-11-16(12)13(17)14(15,5-2)6-3/h12H,4-11,15H2,1-3H3. The van der Waals surface area contributed by atoms with Gasteiger partial charge in [0.15, 0.2) is 0 Å². The number of likely N-dealkylation sites (tertiary alicyclic amines) is 1. The second-order valence-electron chi connectivity index (χ2n) is 5.30. The lowest BCUT2D eigenvalue weighted by Gasteiger charge is -2.41. The lowest BCUT2D eigenvalue weighted by Crippen LogP contribution is -2.58. The molecule has 1 saturated heterocycles. The number of nitrogens with zero attached hydrogens (tertiary/aromatic N) is 1. The Balaban J connectivity index is 2.76. The maximum absolute atomic E-state index is 12.6. The van der Waals surface area contributed by atoms with Crippen molar-refractivity contribution in [3.63, 3.8) is 0 Å². The molecule has 0 aromatic rings. The average molecular weight is 240 g/mol. The van der Waals surface area contributed by atoms with Crippen molar-refractivity contribution in [2.24, 2.45) is 5.73 Å². The van der Waals surface area contributed by atoms with E-state index in [1.165, 1.54) is 6.42 Å². The highest BCUT2D eigenvalue weighted by Gasteiger charge is 2.37. The molecular weight excluding hydrogens is 212 g/mol. The third-order valence-corrected chi connectivity index (χ3v) is 4.20. The van der Waals surface area contributed by atoms with E-state index in [1.807, 2.05) is 13.8 Å². The highest BCUT2D eigenvalue weighted by molar-refractivity contribution is 5.86. The molecule has 3 nitrogen and oxygen atoms in total. The molecule has 0 aliphatic carbocycles. The lowest BCUT2D eigenvalue weighted by molar-refractivity contribution is -0.141. The number of hydrogen-bond acceptors (Lipinski definition) is 2. The van der Waals surface area contributed by atoms with Gasteiger partial charge in [-0.05, 0) is 38.5 Å². The van der Waals surface area contributed by atoms with Crippen LogP contribution in [0.15, 0.2) is 0 Å². The first kappa shape index (κ1) is 14.5. The molecule has 0 bridgehead atoms. The number of carbonyl (C=O) groups is 1. The van der Waals surface area contributed by atoms with Crippen molar-refractivity contribution in [1.82, 2.24) is 4.90 Å². The zero-order chi connectivity index (χ0) is 12.9. The van der Waals surface area contributed by atoms with Gasteiger partial charge in [-0.1, -0.05) is 27.2 Å². The van der Waals surface area contributed by atoms with Gasteiger partial charge in [0.1, 0.15) is 0 Å². The highest BCUT2D eigenvalue weighted by Crippen LogP contribution is 2.25. The zero-order valence-electron chi connectivity index (χ0n) is 11.7. The molecule has 1 rings (SSSR count). The molecule has 1 fully saturated rings. The van der Waals surface area contributed by atoms with Crippen molar-refractivity contribution in [2.75, 3.05) is 6.54 Å². The van der Waals surface area contributed by atoms with E-state index in [2.05, 4.69) is 11.8 Å². The molecule has 17 heavy (non-hydrogen) atoms. The first-order chi connectivity index (χ1) is 8.09. The van der Waals surface area contributed by atoms with Gasteiger partial charge in [0.05, 0.1) is 5.54 Å². The maximum Gasteiger partial charge on any atom is 0.242 e. The van der Waals surface area contributed by atoms with Crippen LogP contribution in [0, 0.1) is 0 Å². The van der Waals surface area contributed by atoms with Crippen molar-refractivity contribution < 1.29 is 4.79 Å². The number of carbonyl (C=O) groups excluding carboxylic acids is 1. The van der Waals surface area contributed by atoms with Crippen LogP contribution < -0.4 is 5.73 Å². The molecule has 3 heteroatoms. The Morgan fingerprint density at radius 2 is 1.94 bits per heavy atom. The third kappa shape index (κ3) is 3.21. The summed E-state index contributed by atoms with van der Waals surface area (Å²) < 4.78 is 0. The van der Waals surface area contributed by atoms with Crippen LogP contribution >= 0.6 is 0 Å².